The number of hydrogen-bond acceptors (Lipinski definition) is 7. The molecule has 0 bridgehead atoms. The molecule has 1 aromatic carbocycles. The lowest BCUT2D eigenvalue weighted by atomic mass is 10.1. The van der Waals surface area contributed by atoms with E-state index in [0.717, 1.165) is 16.7 Å². The van der Waals surface area contributed by atoms with Crippen LogP contribution in [0.5, 0.6) is 11.5 Å². The van der Waals surface area contributed by atoms with E-state index in [2.05, 4.69) is 29.1 Å². The standard InChI is InChI=1S/C29H40FN3O6S/c1-19-17-33(18-37-13-14-40(6,7)8)26-25(19)24(11-12-31-26)38-23-10-9-20(15-21(23)30)16-22(27(34)36-5)32-28(35)39-29(2,3)4/h9-12,15,17,22H,13-14,16,18H2,1-8H3,(H,32,35)/t22-/m0/s1. The summed E-state index contributed by atoms with van der Waals surface area (Å²) >= 11 is 0. The quantitative estimate of drug-likeness (QED) is 0.235. The average Bonchev–Trinajstić information content (AvgIpc) is 3.17. The molecule has 1 atom stereocenters. The number of amides is 1. The number of nitrogens with zero attached hydrogens (tertiary/aromatic N) is 2. The topological polar surface area (TPSA) is 101 Å². The van der Waals surface area contributed by atoms with Crippen molar-refractivity contribution in [1.82, 2.24) is 14.9 Å². The Balaban J connectivity index is 1.75. The molecule has 0 fully saturated rings. The molecular weight excluding hydrogens is 537 g/mol. The summed E-state index contributed by atoms with van der Waals surface area (Å²) < 4.78 is 39.0. The Bertz CT molecular complexity index is 1350. The van der Waals surface area contributed by atoms with E-state index in [1.165, 1.54) is 19.2 Å². The predicted octanol–water partition coefficient (Wildman–Crippen LogP) is 5.55. The smallest absolute Gasteiger partial charge is 0.408 e. The third-order valence-electron chi connectivity index (χ3n) is 5.81. The van der Waals surface area contributed by atoms with Crippen LogP contribution in [-0.2, 0) is 32.2 Å². The number of alkyl carbamates (subject to hydrolysis) is 1. The maximum atomic E-state index is 15.2. The van der Waals surface area contributed by atoms with E-state index in [-0.39, 0.29) is 12.2 Å². The molecule has 220 valence electrons. The van der Waals surface area contributed by atoms with Crippen LogP contribution in [0.2, 0.25) is 0 Å². The molecule has 1 N–H and O–H groups in total. The summed E-state index contributed by atoms with van der Waals surface area (Å²) in [6.07, 6.45) is 9.54. The lowest BCUT2D eigenvalue weighted by Gasteiger charge is -2.24. The Morgan fingerprint density at radius 1 is 1.15 bits per heavy atom. The number of ether oxygens (including phenoxy) is 4. The van der Waals surface area contributed by atoms with Crippen molar-refractivity contribution in [3.63, 3.8) is 0 Å². The minimum Gasteiger partial charge on any atom is -0.467 e. The van der Waals surface area contributed by atoms with E-state index >= 15 is 4.39 Å². The number of nitrogens with one attached hydrogen (secondary N) is 1. The van der Waals surface area contributed by atoms with Gasteiger partial charge in [-0.05, 0) is 75.8 Å². The van der Waals surface area contributed by atoms with Crippen LogP contribution >= 0.6 is 10.0 Å². The number of benzene rings is 1. The van der Waals surface area contributed by atoms with Crippen LogP contribution in [0.15, 0.2) is 36.7 Å². The first-order chi connectivity index (χ1) is 18.7. The van der Waals surface area contributed by atoms with E-state index in [9.17, 15) is 9.59 Å². The van der Waals surface area contributed by atoms with Gasteiger partial charge in [0.2, 0.25) is 0 Å². The van der Waals surface area contributed by atoms with Crippen LogP contribution in [0, 0.1) is 12.7 Å². The van der Waals surface area contributed by atoms with Gasteiger partial charge in [-0.3, -0.25) is 0 Å². The molecule has 0 saturated heterocycles. The zero-order valence-corrected chi connectivity index (χ0v) is 25.3. The Kier molecular flexibility index (Phi) is 10.1. The van der Waals surface area contributed by atoms with E-state index in [1.54, 1.807) is 39.1 Å². The Morgan fingerprint density at radius 2 is 1.88 bits per heavy atom. The lowest BCUT2D eigenvalue weighted by molar-refractivity contribution is -0.143. The van der Waals surface area contributed by atoms with Crippen molar-refractivity contribution >= 4 is 33.1 Å². The Hall–Kier alpha value is -3.31. The second-order valence-corrected chi connectivity index (χ2v) is 16.0. The van der Waals surface area contributed by atoms with Gasteiger partial charge in [0.1, 0.15) is 29.8 Å². The minimum absolute atomic E-state index is 0.00127. The number of carbonyl (C=O) groups excluding carboxylic acids is 2. The highest BCUT2D eigenvalue weighted by atomic mass is 32.3. The van der Waals surface area contributed by atoms with Gasteiger partial charge < -0.3 is 28.8 Å². The molecule has 40 heavy (non-hydrogen) atoms. The first kappa shape index (κ1) is 31.2. The number of halogens is 1. The number of fused-ring (bicyclic) bond motifs is 1. The van der Waals surface area contributed by atoms with Crippen LogP contribution in [0.4, 0.5) is 9.18 Å². The van der Waals surface area contributed by atoms with Gasteiger partial charge in [0.15, 0.2) is 11.6 Å². The minimum atomic E-state index is -1.06. The Morgan fingerprint density at radius 3 is 2.50 bits per heavy atom. The molecule has 0 aliphatic heterocycles. The highest BCUT2D eigenvalue weighted by Crippen LogP contribution is 2.35. The highest BCUT2D eigenvalue weighted by molar-refractivity contribution is 8.32. The fourth-order valence-corrected chi connectivity index (χ4v) is 4.55. The van der Waals surface area contributed by atoms with Crippen molar-refractivity contribution in [1.29, 1.82) is 0 Å². The van der Waals surface area contributed by atoms with Gasteiger partial charge >= 0.3 is 12.1 Å². The van der Waals surface area contributed by atoms with Gasteiger partial charge in [-0.15, -0.1) is 0 Å². The molecule has 1 amide bonds. The summed E-state index contributed by atoms with van der Waals surface area (Å²) in [4.78, 5) is 29.0. The lowest BCUT2D eigenvalue weighted by Crippen LogP contribution is -2.45. The molecule has 9 nitrogen and oxygen atoms in total. The van der Waals surface area contributed by atoms with Crippen LogP contribution in [-0.4, -0.2) is 71.5 Å². The van der Waals surface area contributed by atoms with E-state index in [1.807, 2.05) is 17.7 Å². The van der Waals surface area contributed by atoms with E-state index < -0.39 is 39.6 Å². The molecular formula is C29H40FN3O6S. The molecule has 0 unspecified atom stereocenters. The average molecular weight is 578 g/mol. The van der Waals surface area contributed by atoms with Gasteiger partial charge in [0.25, 0.3) is 0 Å². The van der Waals surface area contributed by atoms with Gasteiger partial charge in [-0.25, -0.2) is 29.0 Å². The summed E-state index contributed by atoms with van der Waals surface area (Å²) in [7, 11) is 0.574. The zero-order valence-electron chi connectivity index (χ0n) is 24.5. The van der Waals surface area contributed by atoms with Gasteiger partial charge in [-0.1, -0.05) is 6.07 Å². The monoisotopic (exact) mass is 577 g/mol. The van der Waals surface area contributed by atoms with Crippen molar-refractivity contribution in [3.05, 3.63) is 53.6 Å². The molecule has 0 radical (unpaired) electrons. The number of methoxy groups -OCH3 is 1. The van der Waals surface area contributed by atoms with Gasteiger partial charge in [0.05, 0.1) is 19.1 Å². The number of rotatable bonds is 11. The zero-order chi connectivity index (χ0) is 29.7. The first-order valence-electron chi connectivity index (χ1n) is 12.9. The van der Waals surface area contributed by atoms with E-state index in [4.69, 9.17) is 18.9 Å². The van der Waals surface area contributed by atoms with Crippen LogP contribution in [0.25, 0.3) is 11.0 Å². The van der Waals surface area contributed by atoms with Crippen molar-refractivity contribution in [3.8, 4) is 11.5 Å². The molecule has 2 aromatic heterocycles. The van der Waals surface area contributed by atoms with Crippen molar-refractivity contribution in [2.45, 2.75) is 52.5 Å². The molecule has 0 saturated carbocycles. The molecule has 0 aliphatic carbocycles. The maximum Gasteiger partial charge on any atom is 0.408 e. The molecule has 2 heterocycles. The molecule has 0 spiro atoms. The summed E-state index contributed by atoms with van der Waals surface area (Å²) in [5.74, 6) is 0.205. The number of aromatic nitrogens is 2. The van der Waals surface area contributed by atoms with Crippen molar-refractivity contribution in [2.24, 2.45) is 0 Å². The molecule has 3 rings (SSSR count). The number of aryl methyl sites for hydroxylation is 1. The maximum absolute atomic E-state index is 15.2. The van der Waals surface area contributed by atoms with Gasteiger partial charge in [-0.2, -0.15) is 0 Å². The number of carbonyl (C=O) groups is 2. The van der Waals surface area contributed by atoms with Crippen LogP contribution in [0.1, 0.15) is 31.9 Å². The predicted molar refractivity (Wildman–Crippen MR) is 156 cm³/mol. The third-order valence-corrected chi connectivity index (χ3v) is 7.20. The van der Waals surface area contributed by atoms with Crippen molar-refractivity contribution in [2.75, 3.05) is 38.2 Å². The van der Waals surface area contributed by atoms with Crippen LogP contribution in [0.3, 0.4) is 0 Å². The fourth-order valence-electron chi connectivity index (χ4n) is 3.93. The molecule has 11 heteroatoms. The fraction of sp³-hybridized carbons (Fsp3) is 0.483. The van der Waals surface area contributed by atoms with E-state index in [0.29, 0.717) is 30.3 Å². The van der Waals surface area contributed by atoms with Crippen molar-refractivity contribution < 1.29 is 32.9 Å². The second kappa shape index (κ2) is 12.9. The normalized spacial score (nSPS) is 13.1. The summed E-state index contributed by atoms with van der Waals surface area (Å²) in [5.41, 5.74) is 1.33. The number of hydrogen-bond donors (Lipinski definition) is 1. The molecule has 0 aliphatic rings. The Labute approximate surface area is 236 Å². The van der Waals surface area contributed by atoms with Gasteiger partial charge in [0, 0.05) is 24.6 Å². The number of pyridine rings is 1. The molecule has 3 aromatic rings. The third kappa shape index (κ3) is 8.85. The SMILES string of the molecule is COC(=O)[C@H](Cc1ccc(Oc2ccnc3c2c(C)cn3COCCS(C)(C)C)c(F)c1)NC(=O)OC(C)(C)C. The summed E-state index contributed by atoms with van der Waals surface area (Å²) in [5, 5.41) is 3.26. The van der Waals surface area contributed by atoms with Crippen LogP contribution < -0.4 is 10.1 Å². The summed E-state index contributed by atoms with van der Waals surface area (Å²) in [6, 6.07) is 5.02. The summed E-state index contributed by atoms with van der Waals surface area (Å²) in [6.45, 7) is 8.10. The highest BCUT2D eigenvalue weighted by Gasteiger charge is 2.26. The number of esters is 1. The first-order valence-corrected chi connectivity index (χ1v) is 15.9. The second-order valence-electron chi connectivity index (χ2n) is 11.4. The largest absolute Gasteiger partial charge is 0.467 e.